The number of hydrogen-bond acceptors (Lipinski definition) is 5. The zero-order valence-corrected chi connectivity index (χ0v) is 18.3. The summed E-state index contributed by atoms with van der Waals surface area (Å²) in [4.78, 5) is 24.6. The SMILES string of the molecule is CCCCn1c(SCC(=O)Nc2c(C#N)c(C)c(C)n2-c2ccc(F)cc2)n[nH]c1=O. The molecule has 0 bridgehead atoms. The van der Waals surface area contributed by atoms with E-state index in [4.69, 9.17) is 0 Å². The summed E-state index contributed by atoms with van der Waals surface area (Å²) in [6.07, 6.45) is 1.76. The topological polar surface area (TPSA) is 108 Å². The molecule has 0 aliphatic carbocycles. The second kappa shape index (κ2) is 9.66. The van der Waals surface area contributed by atoms with Gasteiger partial charge in [0.15, 0.2) is 5.16 Å². The summed E-state index contributed by atoms with van der Waals surface area (Å²) in [5.74, 6) is -0.380. The Balaban J connectivity index is 1.83. The highest BCUT2D eigenvalue weighted by Crippen LogP contribution is 2.30. The number of amides is 1. The lowest BCUT2D eigenvalue weighted by Gasteiger charge is -2.13. The van der Waals surface area contributed by atoms with Crippen LogP contribution >= 0.6 is 11.8 Å². The maximum atomic E-state index is 13.4. The maximum absolute atomic E-state index is 13.4. The third kappa shape index (κ3) is 4.72. The van der Waals surface area contributed by atoms with Crippen molar-refractivity contribution in [2.24, 2.45) is 0 Å². The second-order valence-corrected chi connectivity index (χ2v) is 7.95. The summed E-state index contributed by atoms with van der Waals surface area (Å²) < 4.78 is 16.6. The summed E-state index contributed by atoms with van der Waals surface area (Å²) in [5.41, 5.74) is 2.17. The van der Waals surface area contributed by atoms with Gasteiger partial charge in [0.25, 0.3) is 0 Å². The van der Waals surface area contributed by atoms with Gasteiger partial charge in [-0.1, -0.05) is 25.1 Å². The normalized spacial score (nSPS) is 10.8. The van der Waals surface area contributed by atoms with Gasteiger partial charge >= 0.3 is 5.69 Å². The number of benzene rings is 1. The van der Waals surface area contributed by atoms with Gasteiger partial charge in [0.1, 0.15) is 17.7 Å². The smallest absolute Gasteiger partial charge is 0.310 e. The molecule has 1 amide bonds. The van der Waals surface area contributed by atoms with Gasteiger partial charge in [-0.25, -0.2) is 14.3 Å². The van der Waals surface area contributed by atoms with E-state index in [1.54, 1.807) is 23.6 Å². The highest BCUT2D eigenvalue weighted by atomic mass is 32.2. The van der Waals surface area contributed by atoms with Gasteiger partial charge in [-0.2, -0.15) is 5.26 Å². The number of hydrogen-bond donors (Lipinski definition) is 2. The molecule has 31 heavy (non-hydrogen) atoms. The second-order valence-electron chi connectivity index (χ2n) is 7.01. The van der Waals surface area contributed by atoms with Crippen LogP contribution in [0.15, 0.2) is 34.2 Å². The van der Waals surface area contributed by atoms with Crippen LogP contribution in [0.1, 0.15) is 36.6 Å². The van der Waals surface area contributed by atoms with Crippen molar-refractivity contribution in [3.63, 3.8) is 0 Å². The van der Waals surface area contributed by atoms with Crippen molar-refractivity contribution < 1.29 is 9.18 Å². The van der Waals surface area contributed by atoms with Crippen molar-refractivity contribution in [1.29, 1.82) is 5.26 Å². The van der Waals surface area contributed by atoms with Crippen LogP contribution in [0, 0.1) is 31.0 Å². The minimum atomic E-state index is -0.374. The predicted octanol–water partition coefficient (Wildman–Crippen LogP) is 3.52. The fraction of sp³-hybridized carbons (Fsp3) is 0.333. The molecule has 0 saturated heterocycles. The number of thioether (sulfide) groups is 1. The molecule has 0 saturated carbocycles. The van der Waals surface area contributed by atoms with Crippen molar-refractivity contribution in [1.82, 2.24) is 19.3 Å². The number of carbonyl (C=O) groups is 1. The Hall–Kier alpha value is -3.32. The molecule has 0 radical (unpaired) electrons. The first kappa shape index (κ1) is 22.4. The quantitative estimate of drug-likeness (QED) is 0.519. The van der Waals surface area contributed by atoms with Crippen molar-refractivity contribution in [3.8, 4) is 11.8 Å². The molecule has 0 spiro atoms. The molecule has 1 aromatic carbocycles. The molecule has 0 unspecified atom stereocenters. The van der Waals surface area contributed by atoms with Crippen LogP contribution in [-0.2, 0) is 11.3 Å². The Bertz CT molecular complexity index is 1190. The van der Waals surface area contributed by atoms with Gasteiger partial charge in [0.05, 0.1) is 11.3 Å². The zero-order chi connectivity index (χ0) is 22.5. The average Bonchev–Trinajstić information content (AvgIpc) is 3.22. The van der Waals surface area contributed by atoms with Crippen LogP contribution in [0.2, 0.25) is 0 Å². The van der Waals surface area contributed by atoms with E-state index >= 15 is 0 Å². The van der Waals surface area contributed by atoms with Crippen molar-refractivity contribution >= 4 is 23.5 Å². The number of unbranched alkanes of at least 4 members (excludes halogenated alkanes) is 1. The number of nitrogens with one attached hydrogen (secondary N) is 2. The van der Waals surface area contributed by atoms with Gasteiger partial charge in [0, 0.05) is 17.9 Å². The Labute approximate surface area is 183 Å². The lowest BCUT2D eigenvalue weighted by molar-refractivity contribution is -0.113. The zero-order valence-electron chi connectivity index (χ0n) is 17.5. The first-order valence-corrected chi connectivity index (χ1v) is 10.8. The fourth-order valence-corrected chi connectivity index (χ4v) is 3.97. The monoisotopic (exact) mass is 442 g/mol. The average molecular weight is 443 g/mol. The minimum Gasteiger partial charge on any atom is -0.310 e. The Morgan fingerprint density at radius 2 is 2.03 bits per heavy atom. The molecule has 3 aromatic rings. The van der Waals surface area contributed by atoms with E-state index in [9.17, 15) is 19.2 Å². The maximum Gasteiger partial charge on any atom is 0.343 e. The molecule has 10 heteroatoms. The molecule has 2 N–H and O–H groups in total. The van der Waals surface area contributed by atoms with E-state index in [2.05, 4.69) is 21.6 Å². The van der Waals surface area contributed by atoms with E-state index in [1.807, 2.05) is 13.8 Å². The molecular weight excluding hydrogens is 419 g/mol. The van der Waals surface area contributed by atoms with Crippen LogP contribution in [0.25, 0.3) is 5.69 Å². The van der Waals surface area contributed by atoms with Crippen LogP contribution in [0.5, 0.6) is 0 Å². The summed E-state index contributed by atoms with van der Waals surface area (Å²) in [5, 5.41) is 19.3. The highest BCUT2D eigenvalue weighted by molar-refractivity contribution is 7.99. The molecule has 162 valence electrons. The molecular formula is C21H23FN6O2S. The number of nitrogens with zero attached hydrogens (tertiary/aromatic N) is 4. The Kier molecular flexibility index (Phi) is 6.97. The summed E-state index contributed by atoms with van der Waals surface area (Å²) in [7, 11) is 0. The van der Waals surface area contributed by atoms with Crippen LogP contribution in [0.4, 0.5) is 10.2 Å². The number of rotatable bonds is 8. The predicted molar refractivity (Wildman–Crippen MR) is 117 cm³/mol. The van der Waals surface area contributed by atoms with Gasteiger partial charge in [-0.05, 0) is 50.1 Å². The molecule has 8 nitrogen and oxygen atoms in total. The van der Waals surface area contributed by atoms with E-state index in [0.717, 1.165) is 35.9 Å². The number of H-pyrrole nitrogens is 1. The van der Waals surface area contributed by atoms with E-state index in [0.29, 0.717) is 28.8 Å². The first-order chi connectivity index (χ1) is 14.9. The molecule has 2 aromatic heterocycles. The molecule has 3 rings (SSSR count). The van der Waals surface area contributed by atoms with E-state index in [1.165, 1.54) is 16.7 Å². The van der Waals surface area contributed by atoms with E-state index in [-0.39, 0.29) is 23.2 Å². The number of anilines is 1. The van der Waals surface area contributed by atoms with Crippen LogP contribution in [-0.4, -0.2) is 31.0 Å². The summed E-state index contributed by atoms with van der Waals surface area (Å²) in [6, 6.07) is 7.96. The van der Waals surface area contributed by atoms with E-state index < -0.39 is 0 Å². The lowest BCUT2D eigenvalue weighted by atomic mass is 10.2. The minimum absolute atomic E-state index is 0.00792. The number of nitriles is 1. The molecule has 2 heterocycles. The van der Waals surface area contributed by atoms with Crippen LogP contribution in [0.3, 0.4) is 0 Å². The molecule has 0 aliphatic rings. The van der Waals surface area contributed by atoms with Crippen molar-refractivity contribution in [2.75, 3.05) is 11.1 Å². The fourth-order valence-electron chi connectivity index (χ4n) is 3.20. The van der Waals surface area contributed by atoms with Gasteiger partial charge in [-0.15, -0.1) is 5.10 Å². The third-order valence-corrected chi connectivity index (χ3v) is 5.94. The Morgan fingerprint density at radius 1 is 1.32 bits per heavy atom. The Morgan fingerprint density at radius 3 is 2.68 bits per heavy atom. The standard InChI is InChI=1S/C21H23FN6O2S/c1-4-5-10-27-20(30)25-26-21(27)31-12-18(29)24-19-17(11-23)13(2)14(3)28(19)16-8-6-15(22)7-9-16/h6-9H,4-5,10,12H2,1-3H3,(H,24,29)(H,25,30). The summed E-state index contributed by atoms with van der Waals surface area (Å²) >= 11 is 1.14. The lowest BCUT2D eigenvalue weighted by Crippen LogP contribution is -2.20. The number of aromatic nitrogens is 4. The largest absolute Gasteiger partial charge is 0.343 e. The van der Waals surface area contributed by atoms with Crippen molar-refractivity contribution in [2.45, 2.75) is 45.3 Å². The summed E-state index contributed by atoms with van der Waals surface area (Å²) in [6.45, 7) is 6.19. The van der Waals surface area contributed by atoms with Crippen LogP contribution < -0.4 is 11.0 Å². The number of carbonyl (C=O) groups excluding carboxylic acids is 1. The number of halogens is 1. The van der Waals surface area contributed by atoms with Gasteiger partial charge in [0.2, 0.25) is 5.91 Å². The molecule has 0 aliphatic heterocycles. The number of aromatic amines is 1. The highest BCUT2D eigenvalue weighted by Gasteiger charge is 2.21. The first-order valence-electron chi connectivity index (χ1n) is 9.83. The van der Waals surface area contributed by atoms with Gasteiger partial charge in [-0.3, -0.25) is 13.9 Å². The van der Waals surface area contributed by atoms with Crippen molar-refractivity contribution in [3.05, 3.63) is 57.4 Å². The van der Waals surface area contributed by atoms with Gasteiger partial charge < -0.3 is 5.32 Å². The molecule has 0 fully saturated rings. The third-order valence-electron chi connectivity index (χ3n) is 4.96. The molecule has 0 atom stereocenters.